The number of rotatable bonds is 6. The smallest absolute Gasteiger partial charge is 0.317 e. The Morgan fingerprint density at radius 1 is 1.42 bits per heavy atom. The van der Waals surface area contributed by atoms with Crippen LogP contribution in [0.3, 0.4) is 0 Å². The SMILES string of the molecule is Cc1cc2cc(CNC(=O)N(C)CCCC3CCCO3)ccc2[nH]1. The van der Waals surface area contributed by atoms with E-state index in [0.29, 0.717) is 12.6 Å². The summed E-state index contributed by atoms with van der Waals surface area (Å²) in [4.78, 5) is 17.3. The number of carbonyl (C=O) groups is 1. The van der Waals surface area contributed by atoms with E-state index in [1.165, 1.54) is 11.8 Å². The predicted octanol–water partition coefficient (Wildman–Crippen LogP) is 3.58. The summed E-state index contributed by atoms with van der Waals surface area (Å²) in [6, 6.07) is 8.34. The summed E-state index contributed by atoms with van der Waals surface area (Å²) >= 11 is 0. The third-order valence-corrected chi connectivity index (χ3v) is 4.65. The second-order valence-corrected chi connectivity index (χ2v) is 6.73. The molecule has 0 radical (unpaired) electrons. The van der Waals surface area contributed by atoms with Gasteiger partial charge in [0.2, 0.25) is 0 Å². The molecule has 1 unspecified atom stereocenters. The third-order valence-electron chi connectivity index (χ3n) is 4.65. The van der Waals surface area contributed by atoms with Crippen molar-refractivity contribution in [2.75, 3.05) is 20.2 Å². The third kappa shape index (κ3) is 4.29. The molecule has 1 aliphatic heterocycles. The molecule has 2 heterocycles. The van der Waals surface area contributed by atoms with E-state index in [-0.39, 0.29) is 6.03 Å². The van der Waals surface area contributed by atoms with Crippen LogP contribution in [-0.4, -0.2) is 42.2 Å². The van der Waals surface area contributed by atoms with E-state index in [0.717, 1.165) is 49.2 Å². The van der Waals surface area contributed by atoms with Gasteiger partial charge in [-0.05, 0) is 61.8 Å². The Balaban J connectivity index is 1.43. The van der Waals surface area contributed by atoms with E-state index < -0.39 is 0 Å². The minimum Gasteiger partial charge on any atom is -0.378 e. The zero-order valence-corrected chi connectivity index (χ0v) is 14.6. The summed E-state index contributed by atoms with van der Waals surface area (Å²) < 4.78 is 5.62. The van der Waals surface area contributed by atoms with Gasteiger partial charge in [0.25, 0.3) is 0 Å². The summed E-state index contributed by atoms with van der Waals surface area (Å²) in [6.45, 7) is 4.26. The molecular weight excluding hydrogens is 302 g/mol. The number of carbonyl (C=O) groups excluding carboxylic acids is 1. The molecule has 130 valence electrons. The fourth-order valence-electron chi connectivity index (χ4n) is 3.28. The van der Waals surface area contributed by atoms with Crippen molar-refractivity contribution >= 4 is 16.9 Å². The Hall–Kier alpha value is -2.01. The molecule has 0 saturated carbocycles. The summed E-state index contributed by atoms with van der Waals surface area (Å²) in [5.74, 6) is 0. The molecule has 5 nitrogen and oxygen atoms in total. The molecular formula is C19H27N3O2. The molecule has 1 aromatic heterocycles. The second kappa shape index (κ2) is 7.71. The standard InChI is InChI=1S/C19H27N3O2/c1-14-11-16-12-15(7-8-18(16)21-14)13-20-19(23)22(2)9-3-5-17-6-4-10-24-17/h7-8,11-12,17,21H,3-6,9-10,13H2,1-2H3,(H,20,23). The van der Waals surface area contributed by atoms with Gasteiger partial charge in [0, 0.05) is 38.0 Å². The van der Waals surface area contributed by atoms with Crippen molar-refractivity contribution < 1.29 is 9.53 Å². The lowest BCUT2D eigenvalue weighted by atomic mass is 10.1. The number of fused-ring (bicyclic) bond motifs is 1. The van der Waals surface area contributed by atoms with E-state index in [4.69, 9.17) is 4.74 Å². The van der Waals surface area contributed by atoms with Gasteiger partial charge in [-0.15, -0.1) is 0 Å². The number of aromatic amines is 1. The monoisotopic (exact) mass is 329 g/mol. The van der Waals surface area contributed by atoms with Crippen LogP contribution in [0.25, 0.3) is 10.9 Å². The van der Waals surface area contributed by atoms with Crippen LogP contribution in [-0.2, 0) is 11.3 Å². The van der Waals surface area contributed by atoms with Gasteiger partial charge in [-0.25, -0.2) is 4.79 Å². The van der Waals surface area contributed by atoms with Crippen LogP contribution in [0, 0.1) is 6.92 Å². The lowest BCUT2D eigenvalue weighted by molar-refractivity contribution is 0.100. The van der Waals surface area contributed by atoms with Crippen LogP contribution in [0.4, 0.5) is 4.79 Å². The number of ether oxygens (including phenoxy) is 1. The lowest BCUT2D eigenvalue weighted by Crippen LogP contribution is -2.37. The molecule has 0 bridgehead atoms. The molecule has 2 amide bonds. The number of hydrogen-bond acceptors (Lipinski definition) is 2. The van der Waals surface area contributed by atoms with Crippen molar-refractivity contribution in [3.63, 3.8) is 0 Å². The number of nitrogens with one attached hydrogen (secondary N) is 2. The summed E-state index contributed by atoms with van der Waals surface area (Å²) in [5.41, 5.74) is 3.40. The number of benzene rings is 1. The molecule has 2 aromatic rings. The minimum atomic E-state index is -0.0207. The van der Waals surface area contributed by atoms with Gasteiger partial charge in [-0.2, -0.15) is 0 Å². The number of nitrogens with zero attached hydrogens (tertiary/aromatic N) is 1. The minimum absolute atomic E-state index is 0.0207. The first kappa shape index (κ1) is 16.8. The average molecular weight is 329 g/mol. The topological polar surface area (TPSA) is 57.4 Å². The highest BCUT2D eigenvalue weighted by molar-refractivity contribution is 5.81. The maximum atomic E-state index is 12.2. The van der Waals surface area contributed by atoms with Crippen LogP contribution in [0.1, 0.15) is 36.9 Å². The number of H-pyrrole nitrogens is 1. The van der Waals surface area contributed by atoms with Crippen LogP contribution >= 0.6 is 0 Å². The molecule has 1 aliphatic rings. The number of aryl methyl sites for hydroxylation is 1. The van der Waals surface area contributed by atoms with Gasteiger partial charge < -0.3 is 19.9 Å². The molecule has 3 rings (SSSR count). The Kier molecular flexibility index (Phi) is 5.41. The highest BCUT2D eigenvalue weighted by atomic mass is 16.5. The van der Waals surface area contributed by atoms with E-state index in [9.17, 15) is 4.79 Å². The normalized spacial score (nSPS) is 17.3. The maximum absolute atomic E-state index is 12.2. The first-order valence-electron chi connectivity index (χ1n) is 8.80. The number of hydrogen-bond donors (Lipinski definition) is 2. The summed E-state index contributed by atoms with van der Waals surface area (Å²) in [7, 11) is 1.85. The van der Waals surface area contributed by atoms with E-state index in [1.54, 1.807) is 4.90 Å². The molecule has 0 aliphatic carbocycles. The quantitative estimate of drug-likeness (QED) is 0.851. The Morgan fingerprint density at radius 2 is 2.29 bits per heavy atom. The second-order valence-electron chi connectivity index (χ2n) is 6.73. The van der Waals surface area contributed by atoms with Crippen molar-refractivity contribution in [3.8, 4) is 0 Å². The Bertz CT molecular complexity index is 689. The Labute approximate surface area is 143 Å². The van der Waals surface area contributed by atoms with Gasteiger partial charge in [-0.1, -0.05) is 6.07 Å². The van der Waals surface area contributed by atoms with Crippen LogP contribution in [0.15, 0.2) is 24.3 Å². The van der Waals surface area contributed by atoms with Gasteiger partial charge in [0.05, 0.1) is 6.10 Å². The van der Waals surface area contributed by atoms with Crippen molar-refractivity contribution in [3.05, 3.63) is 35.5 Å². The molecule has 1 saturated heterocycles. The maximum Gasteiger partial charge on any atom is 0.317 e. The zero-order chi connectivity index (χ0) is 16.9. The van der Waals surface area contributed by atoms with E-state index in [1.807, 2.05) is 14.0 Å². The van der Waals surface area contributed by atoms with E-state index in [2.05, 4.69) is 34.6 Å². The summed E-state index contributed by atoms with van der Waals surface area (Å²) in [6.07, 6.45) is 4.77. The zero-order valence-electron chi connectivity index (χ0n) is 14.6. The fourth-order valence-corrected chi connectivity index (χ4v) is 3.28. The van der Waals surface area contributed by atoms with Crippen LogP contribution in [0.2, 0.25) is 0 Å². The number of aromatic nitrogens is 1. The molecule has 1 fully saturated rings. The van der Waals surface area contributed by atoms with Crippen molar-refractivity contribution in [2.24, 2.45) is 0 Å². The fraction of sp³-hybridized carbons (Fsp3) is 0.526. The summed E-state index contributed by atoms with van der Waals surface area (Å²) in [5, 5.41) is 4.18. The molecule has 24 heavy (non-hydrogen) atoms. The molecule has 1 aromatic carbocycles. The molecule has 1 atom stereocenters. The molecule has 5 heteroatoms. The van der Waals surface area contributed by atoms with Gasteiger partial charge in [-0.3, -0.25) is 0 Å². The molecule has 2 N–H and O–H groups in total. The first-order chi connectivity index (χ1) is 11.6. The largest absolute Gasteiger partial charge is 0.378 e. The van der Waals surface area contributed by atoms with E-state index >= 15 is 0 Å². The van der Waals surface area contributed by atoms with Crippen molar-refractivity contribution in [1.29, 1.82) is 0 Å². The van der Waals surface area contributed by atoms with Crippen LogP contribution in [0.5, 0.6) is 0 Å². The highest BCUT2D eigenvalue weighted by Gasteiger charge is 2.16. The van der Waals surface area contributed by atoms with Crippen LogP contribution < -0.4 is 5.32 Å². The highest BCUT2D eigenvalue weighted by Crippen LogP contribution is 2.18. The lowest BCUT2D eigenvalue weighted by Gasteiger charge is -2.19. The number of urea groups is 1. The van der Waals surface area contributed by atoms with Crippen molar-refractivity contribution in [1.82, 2.24) is 15.2 Å². The first-order valence-corrected chi connectivity index (χ1v) is 8.80. The molecule has 0 spiro atoms. The van der Waals surface area contributed by atoms with Gasteiger partial charge in [0.15, 0.2) is 0 Å². The average Bonchev–Trinajstić information content (AvgIpc) is 3.20. The number of amides is 2. The predicted molar refractivity (Wildman–Crippen MR) is 96.1 cm³/mol. The Morgan fingerprint density at radius 3 is 3.08 bits per heavy atom. The van der Waals surface area contributed by atoms with Gasteiger partial charge >= 0.3 is 6.03 Å². The van der Waals surface area contributed by atoms with Crippen molar-refractivity contribution in [2.45, 2.75) is 45.3 Å². The van der Waals surface area contributed by atoms with Gasteiger partial charge in [0.1, 0.15) is 0 Å².